The Bertz CT molecular complexity index is 712. The van der Waals surface area contributed by atoms with Crippen LogP contribution in [0.15, 0.2) is 30.3 Å². The summed E-state index contributed by atoms with van der Waals surface area (Å²) in [6.45, 7) is 2.88. The number of hydrogen-bond donors (Lipinski definition) is 2. The number of nitrogen functional groups attached to an aromatic ring is 1. The molecule has 1 aliphatic rings. The lowest BCUT2D eigenvalue weighted by Crippen LogP contribution is -2.26. The lowest BCUT2D eigenvalue weighted by Gasteiger charge is -2.17. The zero-order valence-electron chi connectivity index (χ0n) is 12.9. The molecule has 0 radical (unpaired) electrons. The van der Waals surface area contributed by atoms with Crippen LogP contribution in [-0.2, 0) is 12.8 Å². The lowest BCUT2D eigenvalue weighted by molar-refractivity contribution is 0.100. The maximum absolute atomic E-state index is 11.2. The Morgan fingerprint density at radius 2 is 2.17 bits per heavy atom. The number of fused-ring (bicyclic) bond motifs is 1. The Morgan fingerprint density at radius 1 is 1.35 bits per heavy atom. The fourth-order valence-electron chi connectivity index (χ4n) is 2.75. The molecule has 0 saturated heterocycles. The molecule has 2 heterocycles. The highest BCUT2D eigenvalue weighted by Crippen LogP contribution is 2.24. The van der Waals surface area contributed by atoms with E-state index >= 15 is 0 Å². The number of primary amides is 1. The smallest absolute Gasteiger partial charge is 0.248 e. The maximum atomic E-state index is 11.2. The van der Waals surface area contributed by atoms with Crippen molar-refractivity contribution in [3.05, 3.63) is 52.0 Å². The fraction of sp³-hybridized carbons (Fsp3) is 0.294. The number of thiazole rings is 1. The molecule has 1 aliphatic heterocycles. The molecule has 4 N–H and O–H groups in total. The molecule has 0 saturated carbocycles. The van der Waals surface area contributed by atoms with Gasteiger partial charge in [0, 0.05) is 36.5 Å². The first kappa shape index (κ1) is 15.7. The number of amides is 1. The van der Waals surface area contributed by atoms with E-state index in [9.17, 15) is 4.79 Å². The van der Waals surface area contributed by atoms with Crippen LogP contribution in [0.2, 0.25) is 0 Å². The Balaban J connectivity index is 1.57. The van der Waals surface area contributed by atoms with Gasteiger partial charge in [-0.25, -0.2) is 4.98 Å². The van der Waals surface area contributed by atoms with Crippen LogP contribution in [0.4, 0.5) is 5.13 Å². The topological polar surface area (TPSA) is 85.2 Å². The Kier molecular flexibility index (Phi) is 4.73. The van der Waals surface area contributed by atoms with Crippen molar-refractivity contribution in [2.75, 3.05) is 25.4 Å². The molecule has 0 atom stereocenters. The van der Waals surface area contributed by atoms with Crippen LogP contribution in [-0.4, -0.2) is 35.4 Å². The van der Waals surface area contributed by atoms with Gasteiger partial charge in [0.15, 0.2) is 5.13 Å². The standard InChI is InChI=1S/C17H20N4OS/c18-16(22)13-5-1-3-12(11-13)4-2-8-21-9-6-14-15(7-10-21)23-17(19)20-14/h1-5,11H,6-10H2,(H2,18,22)(H2,19,20). The molecule has 6 heteroatoms. The van der Waals surface area contributed by atoms with E-state index in [0.717, 1.165) is 43.7 Å². The zero-order valence-corrected chi connectivity index (χ0v) is 13.7. The summed E-state index contributed by atoms with van der Waals surface area (Å²) in [5, 5.41) is 0.678. The number of hydrogen-bond acceptors (Lipinski definition) is 5. The zero-order chi connectivity index (χ0) is 16.2. The van der Waals surface area contributed by atoms with Crippen LogP contribution in [0.1, 0.15) is 26.5 Å². The highest BCUT2D eigenvalue weighted by molar-refractivity contribution is 7.15. The van der Waals surface area contributed by atoms with Crippen LogP contribution >= 0.6 is 11.3 Å². The summed E-state index contributed by atoms with van der Waals surface area (Å²) in [6.07, 6.45) is 6.12. The highest BCUT2D eigenvalue weighted by Gasteiger charge is 2.16. The van der Waals surface area contributed by atoms with E-state index in [1.165, 1.54) is 4.88 Å². The van der Waals surface area contributed by atoms with E-state index in [-0.39, 0.29) is 0 Å². The summed E-state index contributed by atoms with van der Waals surface area (Å²) < 4.78 is 0. The fourth-order valence-corrected chi connectivity index (χ4v) is 3.61. The first-order valence-corrected chi connectivity index (χ1v) is 8.46. The van der Waals surface area contributed by atoms with Crippen LogP contribution < -0.4 is 11.5 Å². The molecule has 0 bridgehead atoms. The third-order valence-corrected chi connectivity index (χ3v) is 4.95. The molecule has 0 aliphatic carbocycles. The Morgan fingerprint density at radius 3 is 3.00 bits per heavy atom. The largest absolute Gasteiger partial charge is 0.375 e. The molecule has 5 nitrogen and oxygen atoms in total. The van der Waals surface area contributed by atoms with Gasteiger partial charge in [0.1, 0.15) is 0 Å². The van der Waals surface area contributed by atoms with Gasteiger partial charge in [0.25, 0.3) is 0 Å². The van der Waals surface area contributed by atoms with E-state index in [0.29, 0.717) is 10.7 Å². The minimum atomic E-state index is -0.398. The third-order valence-electron chi connectivity index (χ3n) is 3.96. The number of aromatic nitrogens is 1. The number of rotatable bonds is 4. The third kappa shape index (κ3) is 3.97. The van der Waals surface area contributed by atoms with Crippen molar-refractivity contribution in [2.45, 2.75) is 12.8 Å². The lowest BCUT2D eigenvalue weighted by atomic mass is 10.1. The van der Waals surface area contributed by atoms with Crippen molar-refractivity contribution >= 4 is 28.5 Å². The molecule has 0 unspecified atom stereocenters. The van der Waals surface area contributed by atoms with Crippen molar-refractivity contribution in [2.24, 2.45) is 5.73 Å². The molecule has 120 valence electrons. The second-order valence-electron chi connectivity index (χ2n) is 5.61. The first-order valence-electron chi connectivity index (χ1n) is 7.64. The quantitative estimate of drug-likeness (QED) is 0.898. The van der Waals surface area contributed by atoms with Crippen molar-refractivity contribution in [1.82, 2.24) is 9.88 Å². The van der Waals surface area contributed by atoms with Crippen molar-refractivity contribution < 1.29 is 4.79 Å². The monoisotopic (exact) mass is 328 g/mol. The minimum Gasteiger partial charge on any atom is -0.375 e. The van der Waals surface area contributed by atoms with Gasteiger partial charge in [0.2, 0.25) is 5.91 Å². The Labute approximate surface area is 139 Å². The summed E-state index contributed by atoms with van der Waals surface area (Å²) >= 11 is 1.61. The summed E-state index contributed by atoms with van der Waals surface area (Å²) in [5.74, 6) is -0.398. The average Bonchev–Trinajstić information content (AvgIpc) is 2.79. The van der Waals surface area contributed by atoms with Crippen LogP contribution in [0.5, 0.6) is 0 Å². The van der Waals surface area contributed by atoms with Crippen molar-refractivity contribution in [3.8, 4) is 0 Å². The molecule has 3 rings (SSSR count). The second kappa shape index (κ2) is 6.93. The predicted octanol–water partition coefficient (Wildman–Crippen LogP) is 1.94. The SMILES string of the molecule is NC(=O)c1cccc(C=CCN2CCc3nc(N)sc3CC2)c1. The van der Waals surface area contributed by atoms with E-state index in [4.69, 9.17) is 11.5 Å². The predicted molar refractivity (Wildman–Crippen MR) is 94.4 cm³/mol. The highest BCUT2D eigenvalue weighted by atomic mass is 32.1. The summed E-state index contributed by atoms with van der Waals surface area (Å²) in [7, 11) is 0. The molecule has 0 spiro atoms. The number of carbonyl (C=O) groups excluding carboxylic acids is 1. The molecule has 2 aromatic rings. The number of benzene rings is 1. The van der Waals surface area contributed by atoms with Gasteiger partial charge in [-0.15, -0.1) is 11.3 Å². The van der Waals surface area contributed by atoms with E-state index in [2.05, 4.69) is 16.0 Å². The average molecular weight is 328 g/mol. The first-order chi connectivity index (χ1) is 11.1. The van der Waals surface area contributed by atoms with Gasteiger partial charge < -0.3 is 11.5 Å². The summed E-state index contributed by atoms with van der Waals surface area (Å²) in [4.78, 5) is 19.3. The van der Waals surface area contributed by atoms with Gasteiger partial charge in [-0.1, -0.05) is 24.3 Å². The van der Waals surface area contributed by atoms with E-state index < -0.39 is 5.91 Å². The second-order valence-corrected chi connectivity index (χ2v) is 6.73. The molecule has 1 amide bonds. The van der Waals surface area contributed by atoms with Crippen LogP contribution in [0.3, 0.4) is 0 Å². The molecule has 0 fully saturated rings. The maximum Gasteiger partial charge on any atom is 0.248 e. The van der Waals surface area contributed by atoms with Crippen LogP contribution in [0, 0.1) is 0 Å². The van der Waals surface area contributed by atoms with Crippen molar-refractivity contribution in [3.63, 3.8) is 0 Å². The van der Waals surface area contributed by atoms with Crippen molar-refractivity contribution in [1.29, 1.82) is 0 Å². The van der Waals surface area contributed by atoms with E-state index in [1.54, 1.807) is 17.4 Å². The van der Waals surface area contributed by atoms with Gasteiger partial charge >= 0.3 is 0 Å². The van der Waals surface area contributed by atoms with Gasteiger partial charge in [-0.3, -0.25) is 9.69 Å². The molecule has 23 heavy (non-hydrogen) atoms. The van der Waals surface area contributed by atoms with Gasteiger partial charge in [-0.05, 0) is 24.1 Å². The van der Waals surface area contributed by atoms with Gasteiger partial charge in [0.05, 0.1) is 5.69 Å². The number of anilines is 1. The minimum absolute atomic E-state index is 0.398. The van der Waals surface area contributed by atoms with Crippen LogP contribution in [0.25, 0.3) is 6.08 Å². The molecular weight excluding hydrogens is 308 g/mol. The summed E-state index contributed by atoms with van der Waals surface area (Å²) in [5.41, 5.74) is 13.8. The Hall–Kier alpha value is -2.18. The van der Waals surface area contributed by atoms with E-state index in [1.807, 2.05) is 24.3 Å². The number of nitrogens with zero attached hydrogens (tertiary/aromatic N) is 2. The number of nitrogens with two attached hydrogens (primary N) is 2. The molecular formula is C17H20N4OS. The van der Waals surface area contributed by atoms with Gasteiger partial charge in [-0.2, -0.15) is 0 Å². The molecule has 1 aromatic carbocycles. The molecule has 1 aromatic heterocycles. The summed E-state index contributed by atoms with van der Waals surface area (Å²) in [6, 6.07) is 7.35. The normalized spacial score (nSPS) is 15.5. The number of carbonyl (C=O) groups is 1.